The molecule has 1 amide bonds. The predicted octanol–water partition coefficient (Wildman–Crippen LogP) is 1.50. The molecule has 3 rings (SSSR count). The van der Waals surface area contributed by atoms with Crippen LogP contribution < -0.4 is 5.73 Å². The van der Waals surface area contributed by atoms with Crippen molar-refractivity contribution in [1.29, 1.82) is 0 Å². The third kappa shape index (κ3) is 1.62. The van der Waals surface area contributed by atoms with Gasteiger partial charge in [-0.05, 0) is 29.8 Å². The van der Waals surface area contributed by atoms with Gasteiger partial charge in [-0.3, -0.25) is 9.78 Å². The zero-order chi connectivity index (χ0) is 12.5. The second kappa shape index (κ2) is 3.96. The first-order chi connectivity index (χ1) is 8.75. The second-order valence-electron chi connectivity index (χ2n) is 3.91. The molecule has 0 fully saturated rings. The van der Waals surface area contributed by atoms with Crippen molar-refractivity contribution in [1.82, 2.24) is 14.6 Å². The van der Waals surface area contributed by atoms with Gasteiger partial charge >= 0.3 is 0 Å². The lowest BCUT2D eigenvalue weighted by molar-refractivity contribution is 0.1000. The van der Waals surface area contributed by atoms with Crippen LogP contribution in [0.5, 0.6) is 0 Å². The van der Waals surface area contributed by atoms with E-state index in [2.05, 4.69) is 10.1 Å². The summed E-state index contributed by atoms with van der Waals surface area (Å²) in [5, 5.41) is 4.23. The summed E-state index contributed by atoms with van der Waals surface area (Å²) < 4.78 is 1.65. The quantitative estimate of drug-likeness (QED) is 0.735. The molecule has 3 aromatic rings. The van der Waals surface area contributed by atoms with Crippen molar-refractivity contribution in [2.45, 2.75) is 0 Å². The Bertz CT molecular complexity index is 718. The number of rotatable bonds is 2. The fraction of sp³-hybridized carbons (Fsp3) is 0. The van der Waals surface area contributed by atoms with Crippen LogP contribution in [0.2, 0.25) is 0 Å². The lowest BCUT2D eigenvalue weighted by Gasteiger charge is -2.00. The van der Waals surface area contributed by atoms with E-state index in [0.29, 0.717) is 5.56 Å². The fourth-order valence-corrected chi connectivity index (χ4v) is 1.88. The molecule has 0 spiro atoms. The summed E-state index contributed by atoms with van der Waals surface area (Å²) in [6.45, 7) is 0. The summed E-state index contributed by atoms with van der Waals surface area (Å²) >= 11 is 0. The second-order valence-corrected chi connectivity index (χ2v) is 3.91. The molecule has 0 saturated heterocycles. The molecule has 0 aliphatic rings. The smallest absolute Gasteiger partial charge is 0.250 e. The van der Waals surface area contributed by atoms with Gasteiger partial charge in [0.1, 0.15) is 0 Å². The van der Waals surface area contributed by atoms with Crippen molar-refractivity contribution in [3.8, 4) is 11.1 Å². The topological polar surface area (TPSA) is 73.3 Å². The van der Waals surface area contributed by atoms with E-state index < -0.39 is 5.91 Å². The van der Waals surface area contributed by atoms with Gasteiger partial charge in [0.2, 0.25) is 5.91 Å². The molecule has 88 valence electrons. The molecule has 18 heavy (non-hydrogen) atoms. The number of carbonyl (C=O) groups excluding carboxylic acids is 1. The number of nitrogens with two attached hydrogens (primary N) is 1. The highest BCUT2D eigenvalue weighted by atomic mass is 16.1. The number of amides is 1. The van der Waals surface area contributed by atoms with Gasteiger partial charge in [-0.25, -0.2) is 4.52 Å². The lowest BCUT2D eigenvalue weighted by Crippen LogP contribution is -2.11. The molecule has 0 unspecified atom stereocenters. The predicted molar refractivity (Wildman–Crippen MR) is 66.9 cm³/mol. The molecule has 3 aromatic heterocycles. The van der Waals surface area contributed by atoms with Gasteiger partial charge in [-0.1, -0.05) is 0 Å². The average Bonchev–Trinajstić information content (AvgIpc) is 2.82. The average molecular weight is 238 g/mol. The zero-order valence-corrected chi connectivity index (χ0v) is 9.45. The van der Waals surface area contributed by atoms with Crippen LogP contribution in [0.1, 0.15) is 10.4 Å². The first kappa shape index (κ1) is 10.5. The van der Waals surface area contributed by atoms with Crippen molar-refractivity contribution in [3.63, 3.8) is 0 Å². The highest BCUT2D eigenvalue weighted by Crippen LogP contribution is 2.23. The van der Waals surface area contributed by atoms with Crippen LogP contribution in [-0.2, 0) is 0 Å². The van der Waals surface area contributed by atoms with Gasteiger partial charge in [0.05, 0.1) is 17.3 Å². The van der Waals surface area contributed by atoms with Crippen molar-refractivity contribution in [2.75, 3.05) is 0 Å². The molecule has 0 atom stereocenters. The summed E-state index contributed by atoms with van der Waals surface area (Å²) in [4.78, 5) is 15.1. The van der Waals surface area contributed by atoms with Gasteiger partial charge in [0, 0.05) is 24.2 Å². The van der Waals surface area contributed by atoms with Crippen LogP contribution in [0.25, 0.3) is 16.6 Å². The number of carbonyl (C=O) groups is 1. The van der Waals surface area contributed by atoms with E-state index in [-0.39, 0.29) is 0 Å². The maximum absolute atomic E-state index is 11.1. The Kier molecular flexibility index (Phi) is 2.30. The molecule has 0 radical (unpaired) electrons. The van der Waals surface area contributed by atoms with Crippen molar-refractivity contribution in [3.05, 3.63) is 54.6 Å². The van der Waals surface area contributed by atoms with Crippen LogP contribution in [0, 0.1) is 0 Å². The maximum Gasteiger partial charge on any atom is 0.250 e. The fourth-order valence-electron chi connectivity index (χ4n) is 1.88. The van der Waals surface area contributed by atoms with E-state index >= 15 is 0 Å². The lowest BCUT2D eigenvalue weighted by atomic mass is 10.1. The highest BCUT2D eigenvalue weighted by molar-refractivity contribution is 5.93. The Morgan fingerprint density at radius 1 is 1.17 bits per heavy atom. The molecule has 0 saturated carbocycles. The maximum atomic E-state index is 11.1. The first-order valence-electron chi connectivity index (χ1n) is 5.43. The van der Waals surface area contributed by atoms with Gasteiger partial charge in [0.25, 0.3) is 0 Å². The number of hydrogen-bond acceptors (Lipinski definition) is 3. The van der Waals surface area contributed by atoms with Crippen LogP contribution >= 0.6 is 0 Å². The monoisotopic (exact) mass is 238 g/mol. The number of aromatic nitrogens is 3. The summed E-state index contributed by atoms with van der Waals surface area (Å²) in [7, 11) is 0. The van der Waals surface area contributed by atoms with E-state index in [4.69, 9.17) is 5.73 Å². The molecule has 0 aliphatic carbocycles. The van der Waals surface area contributed by atoms with E-state index in [1.165, 1.54) is 0 Å². The van der Waals surface area contributed by atoms with E-state index in [1.807, 2.05) is 18.2 Å². The van der Waals surface area contributed by atoms with E-state index in [9.17, 15) is 4.79 Å². The Labute approximate surface area is 103 Å². The van der Waals surface area contributed by atoms with Crippen molar-refractivity contribution in [2.24, 2.45) is 5.73 Å². The number of hydrogen-bond donors (Lipinski definition) is 1. The minimum atomic E-state index is -0.460. The van der Waals surface area contributed by atoms with Crippen LogP contribution in [0.15, 0.2) is 49.1 Å². The Morgan fingerprint density at radius 2 is 1.94 bits per heavy atom. The molecule has 0 bridgehead atoms. The minimum absolute atomic E-state index is 0.437. The number of pyridine rings is 2. The third-order valence-electron chi connectivity index (χ3n) is 2.79. The van der Waals surface area contributed by atoms with E-state index in [0.717, 1.165) is 16.6 Å². The summed E-state index contributed by atoms with van der Waals surface area (Å²) in [5.74, 6) is -0.460. The third-order valence-corrected chi connectivity index (χ3v) is 2.79. The number of primary amides is 1. The van der Waals surface area contributed by atoms with Gasteiger partial charge < -0.3 is 5.73 Å². The van der Waals surface area contributed by atoms with Crippen molar-refractivity contribution >= 4 is 11.4 Å². The molecule has 0 aliphatic heterocycles. The molecule has 3 heterocycles. The molecular weight excluding hydrogens is 228 g/mol. The molecular formula is C13H10N4O. The molecule has 5 nitrogen and oxygen atoms in total. The summed E-state index contributed by atoms with van der Waals surface area (Å²) in [6.07, 6.45) is 6.85. The van der Waals surface area contributed by atoms with Crippen LogP contribution in [0.3, 0.4) is 0 Å². The van der Waals surface area contributed by atoms with Gasteiger partial charge in [0.15, 0.2) is 0 Å². The molecule has 0 aromatic carbocycles. The number of nitrogens with zero attached hydrogens (tertiary/aromatic N) is 3. The summed E-state index contributed by atoms with van der Waals surface area (Å²) in [5.41, 5.74) is 8.62. The SMILES string of the molecule is NC(=O)c1ccc2c(-c3ccncc3)cnn2c1. The normalized spacial score (nSPS) is 10.7. The van der Waals surface area contributed by atoms with E-state index in [1.54, 1.807) is 35.4 Å². The van der Waals surface area contributed by atoms with Crippen LogP contribution in [0.4, 0.5) is 0 Å². The molecule has 2 N–H and O–H groups in total. The summed E-state index contributed by atoms with van der Waals surface area (Å²) in [6, 6.07) is 7.37. The van der Waals surface area contributed by atoms with Gasteiger partial charge in [-0.2, -0.15) is 5.10 Å². The van der Waals surface area contributed by atoms with Gasteiger partial charge in [-0.15, -0.1) is 0 Å². The number of fused-ring (bicyclic) bond motifs is 1. The Morgan fingerprint density at radius 3 is 2.67 bits per heavy atom. The first-order valence-corrected chi connectivity index (χ1v) is 5.43. The minimum Gasteiger partial charge on any atom is -0.366 e. The zero-order valence-electron chi connectivity index (χ0n) is 9.45. The Balaban J connectivity index is 2.19. The van der Waals surface area contributed by atoms with Crippen molar-refractivity contribution < 1.29 is 4.79 Å². The highest BCUT2D eigenvalue weighted by Gasteiger charge is 2.08. The largest absolute Gasteiger partial charge is 0.366 e. The standard InChI is InChI=1S/C13H10N4O/c14-13(18)10-1-2-12-11(7-16-17(12)8-10)9-3-5-15-6-4-9/h1-8H,(H2,14,18). The molecule has 5 heteroatoms. The Hall–Kier alpha value is -2.69. The van der Waals surface area contributed by atoms with Crippen LogP contribution in [-0.4, -0.2) is 20.5 Å².